The lowest BCUT2D eigenvalue weighted by Gasteiger charge is -2.08. The Morgan fingerprint density at radius 2 is 2.06 bits per heavy atom. The van der Waals surface area contributed by atoms with Crippen LogP contribution in [-0.2, 0) is 5.88 Å². The molecule has 1 aromatic carbocycles. The highest BCUT2D eigenvalue weighted by molar-refractivity contribution is 6.18. The van der Waals surface area contributed by atoms with Crippen LogP contribution < -0.4 is 5.63 Å². The fourth-order valence-corrected chi connectivity index (χ4v) is 2.01. The standard InChI is InChI=1S/C12H11ClO3/c1-6-3-9-8(5-13)4-10(14)16-12(9)7(2)11(6)15/h3-4,15H,5H2,1-2H3. The minimum atomic E-state index is -0.450. The lowest BCUT2D eigenvalue weighted by molar-refractivity contribution is 0.464. The number of fused-ring (bicyclic) bond motifs is 1. The van der Waals surface area contributed by atoms with E-state index < -0.39 is 5.63 Å². The van der Waals surface area contributed by atoms with E-state index >= 15 is 0 Å². The van der Waals surface area contributed by atoms with E-state index in [1.807, 2.05) is 0 Å². The topological polar surface area (TPSA) is 50.4 Å². The van der Waals surface area contributed by atoms with Gasteiger partial charge in [0, 0.05) is 22.9 Å². The molecule has 1 aromatic heterocycles. The summed E-state index contributed by atoms with van der Waals surface area (Å²) in [5.74, 6) is 0.397. The number of halogens is 1. The molecule has 3 nitrogen and oxygen atoms in total. The monoisotopic (exact) mass is 238 g/mol. The maximum absolute atomic E-state index is 11.3. The zero-order chi connectivity index (χ0) is 11.9. The number of aryl methyl sites for hydroxylation is 2. The lowest BCUT2D eigenvalue weighted by Crippen LogP contribution is -2.01. The van der Waals surface area contributed by atoms with Gasteiger partial charge in [0.25, 0.3) is 0 Å². The summed E-state index contributed by atoms with van der Waals surface area (Å²) in [6.45, 7) is 3.51. The Hall–Kier alpha value is -1.48. The van der Waals surface area contributed by atoms with Crippen LogP contribution >= 0.6 is 11.6 Å². The molecule has 2 aromatic rings. The molecule has 0 atom stereocenters. The quantitative estimate of drug-likeness (QED) is 0.614. The highest BCUT2D eigenvalue weighted by Crippen LogP contribution is 2.31. The molecule has 1 N–H and O–H groups in total. The third-order valence-electron chi connectivity index (χ3n) is 2.66. The van der Waals surface area contributed by atoms with Crippen molar-refractivity contribution in [3.8, 4) is 5.75 Å². The van der Waals surface area contributed by atoms with Gasteiger partial charge in [0.05, 0.1) is 0 Å². The Balaban J connectivity index is 3.00. The minimum Gasteiger partial charge on any atom is -0.507 e. The van der Waals surface area contributed by atoms with Gasteiger partial charge in [0.1, 0.15) is 11.3 Å². The molecular formula is C12H11ClO3. The highest BCUT2D eigenvalue weighted by atomic mass is 35.5. The summed E-state index contributed by atoms with van der Waals surface area (Å²) < 4.78 is 5.10. The van der Waals surface area contributed by atoms with Crippen LogP contribution in [0.25, 0.3) is 11.0 Å². The van der Waals surface area contributed by atoms with Gasteiger partial charge in [-0.2, -0.15) is 0 Å². The molecule has 0 amide bonds. The van der Waals surface area contributed by atoms with Gasteiger partial charge in [-0.05, 0) is 31.0 Å². The van der Waals surface area contributed by atoms with Gasteiger partial charge in [0.2, 0.25) is 0 Å². The molecule has 0 spiro atoms. The Morgan fingerprint density at radius 1 is 1.38 bits per heavy atom. The molecule has 2 rings (SSSR count). The molecule has 0 aliphatic heterocycles. The molecule has 16 heavy (non-hydrogen) atoms. The van der Waals surface area contributed by atoms with E-state index in [1.54, 1.807) is 19.9 Å². The van der Waals surface area contributed by atoms with E-state index in [0.29, 0.717) is 11.1 Å². The van der Waals surface area contributed by atoms with Gasteiger partial charge >= 0.3 is 5.63 Å². The first kappa shape index (κ1) is 11.0. The maximum atomic E-state index is 11.3. The van der Waals surface area contributed by atoms with Crippen LogP contribution in [0.1, 0.15) is 16.7 Å². The summed E-state index contributed by atoms with van der Waals surface area (Å²) in [6, 6.07) is 3.16. The third-order valence-corrected chi connectivity index (χ3v) is 2.95. The Labute approximate surface area is 97.3 Å². The molecular weight excluding hydrogens is 228 g/mol. The Morgan fingerprint density at radius 3 is 2.69 bits per heavy atom. The summed E-state index contributed by atoms with van der Waals surface area (Å²) in [5.41, 5.74) is 1.99. The number of phenols is 1. The van der Waals surface area contributed by atoms with Crippen molar-refractivity contribution in [1.29, 1.82) is 0 Å². The maximum Gasteiger partial charge on any atom is 0.336 e. The van der Waals surface area contributed by atoms with Crippen LogP contribution in [0, 0.1) is 13.8 Å². The summed E-state index contributed by atoms with van der Waals surface area (Å²) in [4.78, 5) is 11.3. The van der Waals surface area contributed by atoms with Crippen molar-refractivity contribution in [3.63, 3.8) is 0 Å². The van der Waals surface area contributed by atoms with E-state index in [-0.39, 0.29) is 11.6 Å². The van der Waals surface area contributed by atoms with E-state index in [0.717, 1.165) is 16.5 Å². The fraction of sp³-hybridized carbons (Fsp3) is 0.250. The van der Waals surface area contributed by atoms with Gasteiger partial charge in [-0.15, -0.1) is 11.6 Å². The smallest absolute Gasteiger partial charge is 0.336 e. The van der Waals surface area contributed by atoms with Crippen molar-refractivity contribution in [2.75, 3.05) is 0 Å². The fourth-order valence-electron chi connectivity index (χ4n) is 1.79. The number of rotatable bonds is 1. The number of phenolic OH excluding ortho intramolecular Hbond substituents is 1. The second-order valence-corrected chi connectivity index (χ2v) is 4.04. The molecule has 0 fully saturated rings. The van der Waals surface area contributed by atoms with Crippen molar-refractivity contribution in [3.05, 3.63) is 39.2 Å². The molecule has 1 heterocycles. The van der Waals surface area contributed by atoms with Gasteiger partial charge in [-0.25, -0.2) is 4.79 Å². The normalized spacial score (nSPS) is 10.9. The van der Waals surface area contributed by atoms with Gasteiger partial charge in [-0.1, -0.05) is 0 Å². The van der Waals surface area contributed by atoms with Crippen LogP contribution in [0.3, 0.4) is 0 Å². The molecule has 0 radical (unpaired) electrons. The zero-order valence-corrected chi connectivity index (χ0v) is 9.76. The predicted molar refractivity (Wildman–Crippen MR) is 63.2 cm³/mol. The van der Waals surface area contributed by atoms with Crippen LogP contribution in [0.4, 0.5) is 0 Å². The lowest BCUT2D eigenvalue weighted by atomic mass is 10.0. The summed E-state index contributed by atoms with van der Waals surface area (Å²) in [6.07, 6.45) is 0. The SMILES string of the molecule is Cc1cc2c(CCl)cc(=O)oc2c(C)c1O. The van der Waals surface area contributed by atoms with Crippen molar-refractivity contribution in [2.24, 2.45) is 0 Å². The third kappa shape index (κ3) is 1.57. The van der Waals surface area contributed by atoms with E-state index in [1.165, 1.54) is 6.07 Å². The highest BCUT2D eigenvalue weighted by Gasteiger charge is 2.12. The molecule has 0 aliphatic carbocycles. The van der Waals surface area contributed by atoms with Gasteiger partial charge in [0.15, 0.2) is 0 Å². The number of hydrogen-bond donors (Lipinski definition) is 1. The first-order chi connectivity index (χ1) is 7.54. The van der Waals surface area contributed by atoms with E-state index in [2.05, 4.69) is 0 Å². The van der Waals surface area contributed by atoms with E-state index in [9.17, 15) is 9.90 Å². The molecule has 4 heteroatoms. The number of aromatic hydroxyl groups is 1. The van der Waals surface area contributed by atoms with Crippen LogP contribution in [0.15, 0.2) is 21.3 Å². The predicted octanol–water partition coefficient (Wildman–Crippen LogP) is 2.85. The minimum absolute atomic E-state index is 0.155. The van der Waals surface area contributed by atoms with E-state index in [4.69, 9.17) is 16.0 Å². The number of alkyl halides is 1. The van der Waals surface area contributed by atoms with Gasteiger partial charge < -0.3 is 9.52 Å². The average Bonchev–Trinajstić information content (AvgIpc) is 2.26. The summed E-state index contributed by atoms with van der Waals surface area (Å²) in [7, 11) is 0. The molecule has 0 saturated carbocycles. The average molecular weight is 239 g/mol. The van der Waals surface area contributed by atoms with Crippen molar-refractivity contribution < 1.29 is 9.52 Å². The zero-order valence-electron chi connectivity index (χ0n) is 9.00. The van der Waals surface area contributed by atoms with Crippen LogP contribution in [-0.4, -0.2) is 5.11 Å². The van der Waals surface area contributed by atoms with Crippen molar-refractivity contribution in [2.45, 2.75) is 19.7 Å². The Bertz CT molecular complexity index is 614. The second-order valence-electron chi connectivity index (χ2n) is 3.77. The molecule has 0 unspecified atom stereocenters. The summed E-state index contributed by atoms with van der Waals surface area (Å²) in [5, 5.41) is 10.5. The summed E-state index contributed by atoms with van der Waals surface area (Å²) >= 11 is 5.78. The Kier molecular flexibility index (Phi) is 2.64. The van der Waals surface area contributed by atoms with Gasteiger partial charge in [-0.3, -0.25) is 0 Å². The van der Waals surface area contributed by atoms with Crippen LogP contribution in [0.2, 0.25) is 0 Å². The first-order valence-corrected chi connectivity index (χ1v) is 5.40. The number of benzene rings is 1. The van der Waals surface area contributed by atoms with Crippen LogP contribution in [0.5, 0.6) is 5.75 Å². The first-order valence-electron chi connectivity index (χ1n) is 4.86. The molecule has 0 bridgehead atoms. The molecule has 0 aliphatic rings. The van der Waals surface area contributed by atoms with Crippen molar-refractivity contribution in [1.82, 2.24) is 0 Å². The largest absolute Gasteiger partial charge is 0.507 e. The van der Waals surface area contributed by atoms with Crippen molar-refractivity contribution >= 4 is 22.6 Å². The molecule has 0 saturated heterocycles. The molecule has 84 valence electrons. The number of hydrogen-bond acceptors (Lipinski definition) is 3. The second kappa shape index (κ2) is 3.83.